The third kappa shape index (κ3) is 6.54. The van der Waals surface area contributed by atoms with Gasteiger partial charge in [-0.25, -0.2) is 4.39 Å². The number of aromatic nitrogens is 3. The molecule has 2 aromatic heterocycles. The molecule has 2 heterocycles. The van der Waals surface area contributed by atoms with Crippen LogP contribution in [-0.2, 0) is 0 Å². The average Bonchev–Trinajstić information content (AvgIpc) is 2.84. The Balaban J connectivity index is 1.57. The van der Waals surface area contributed by atoms with Gasteiger partial charge >= 0.3 is 0 Å². The van der Waals surface area contributed by atoms with Crippen LogP contribution in [0.3, 0.4) is 0 Å². The second-order valence-electron chi connectivity index (χ2n) is 7.78. The molecule has 8 heteroatoms. The topological polar surface area (TPSA) is 97.1 Å². The predicted octanol–water partition coefficient (Wildman–Crippen LogP) is 3.23. The van der Waals surface area contributed by atoms with Gasteiger partial charge in [-0.15, -0.1) is 0 Å². The van der Waals surface area contributed by atoms with E-state index in [1.807, 2.05) is 0 Å². The zero-order valence-electron chi connectivity index (χ0n) is 19.1. The van der Waals surface area contributed by atoms with Gasteiger partial charge in [0.15, 0.2) is 0 Å². The number of hydrogen-bond donors (Lipinski definition) is 2. The lowest BCUT2D eigenvalue weighted by atomic mass is 10.2. The second-order valence-corrected chi connectivity index (χ2v) is 7.78. The number of ether oxygens (including phenoxy) is 2. The summed E-state index contributed by atoms with van der Waals surface area (Å²) in [5.41, 5.74) is 0.199. The molecule has 0 aliphatic rings. The van der Waals surface area contributed by atoms with Crippen LogP contribution in [-0.4, -0.2) is 21.6 Å². The molecule has 0 aliphatic heterocycles. The molecule has 0 saturated heterocycles. The van der Waals surface area contributed by atoms with E-state index in [-0.39, 0.29) is 10.7 Å². The molecule has 4 aromatic rings. The minimum absolute atomic E-state index is 0.0856. The first kappa shape index (κ1) is 23.7. The van der Waals surface area contributed by atoms with Crippen molar-refractivity contribution in [3.05, 3.63) is 115 Å². The van der Waals surface area contributed by atoms with Crippen LogP contribution in [0.2, 0.25) is 0 Å². The lowest BCUT2D eigenvalue weighted by Crippen LogP contribution is -2.46. The summed E-state index contributed by atoms with van der Waals surface area (Å²) in [5, 5.41) is 0.171. The molecule has 7 nitrogen and oxygen atoms in total. The van der Waals surface area contributed by atoms with Crippen LogP contribution >= 0.6 is 0 Å². The number of nitrogens with one attached hydrogen (secondary N) is 2. The first-order valence-electron chi connectivity index (χ1n) is 11.2. The predicted molar refractivity (Wildman–Crippen MR) is 132 cm³/mol. The standard InChI is InChI=1S/C27H24FN3O4/c1-2-3-12-34-23-11-10-20(29-17-23)16-25-27(33)30-24(26(32)31-25)14-18-6-4-8-21(13-18)35-22-9-5-7-19(28)15-22/h4-11,13-17H,2-3,12H2,1H3,(H,30,33)(H,31,32)/b24-14-,25-16-. The Kier molecular flexibility index (Phi) is 7.52. The Morgan fingerprint density at radius 3 is 2.29 bits per heavy atom. The fourth-order valence-electron chi connectivity index (χ4n) is 3.24. The minimum atomic E-state index is -0.466. The molecule has 178 valence electrons. The van der Waals surface area contributed by atoms with E-state index in [1.54, 1.807) is 54.7 Å². The van der Waals surface area contributed by atoms with Crippen molar-refractivity contribution in [3.8, 4) is 17.2 Å². The first-order valence-corrected chi connectivity index (χ1v) is 11.2. The number of rotatable bonds is 8. The summed E-state index contributed by atoms with van der Waals surface area (Å²) in [6.45, 7) is 2.70. The lowest BCUT2D eigenvalue weighted by molar-refractivity contribution is 0.308. The number of halogens is 1. The number of pyridine rings is 1. The molecule has 0 amide bonds. The van der Waals surface area contributed by atoms with Gasteiger partial charge in [0.05, 0.1) is 18.5 Å². The molecule has 0 aliphatic carbocycles. The Labute approximate surface area is 200 Å². The van der Waals surface area contributed by atoms with Gasteiger partial charge in [0.1, 0.15) is 33.8 Å². The monoisotopic (exact) mass is 473 g/mol. The summed E-state index contributed by atoms with van der Waals surface area (Å²) < 4.78 is 24.6. The Hall–Kier alpha value is -4.46. The molecular formula is C27H24FN3O4. The zero-order chi connectivity index (χ0) is 24.6. The van der Waals surface area contributed by atoms with E-state index in [4.69, 9.17) is 9.47 Å². The van der Waals surface area contributed by atoms with Crippen molar-refractivity contribution in [2.75, 3.05) is 6.61 Å². The number of benzene rings is 2. The van der Waals surface area contributed by atoms with E-state index in [2.05, 4.69) is 21.9 Å². The van der Waals surface area contributed by atoms with Crippen LogP contribution in [0.1, 0.15) is 31.0 Å². The van der Waals surface area contributed by atoms with Crippen LogP contribution in [0.25, 0.3) is 12.2 Å². The van der Waals surface area contributed by atoms with Gasteiger partial charge in [-0.1, -0.05) is 31.5 Å². The third-order valence-electron chi connectivity index (χ3n) is 5.00. The second kappa shape index (κ2) is 11.1. The highest BCUT2D eigenvalue weighted by atomic mass is 19.1. The van der Waals surface area contributed by atoms with Gasteiger partial charge in [-0.05, 0) is 60.5 Å². The molecule has 0 radical (unpaired) electrons. The number of H-pyrrole nitrogens is 2. The van der Waals surface area contributed by atoms with Crippen LogP contribution in [0, 0.1) is 5.82 Å². The summed E-state index contributed by atoms with van der Waals surface area (Å²) in [6, 6.07) is 16.1. The van der Waals surface area contributed by atoms with E-state index < -0.39 is 16.9 Å². The molecule has 0 fully saturated rings. The van der Waals surface area contributed by atoms with Crippen LogP contribution in [0.4, 0.5) is 4.39 Å². The molecule has 0 saturated carbocycles. The summed E-state index contributed by atoms with van der Waals surface area (Å²) >= 11 is 0. The molecule has 0 unspecified atom stereocenters. The van der Waals surface area contributed by atoms with Gasteiger partial charge in [-0.2, -0.15) is 0 Å². The zero-order valence-corrected chi connectivity index (χ0v) is 19.1. The summed E-state index contributed by atoms with van der Waals surface area (Å²) in [6.07, 6.45) is 6.60. The van der Waals surface area contributed by atoms with Crippen molar-refractivity contribution in [2.45, 2.75) is 19.8 Å². The molecule has 2 N–H and O–H groups in total. The van der Waals surface area contributed by atoms with Gasteiger partial charge in [0.25, 0.3) is 11.1 Å². The Bertz CT molecular complexity index is 1540. The Morgan fingerprint density at radius 2 is 1.60 bits per heavy atom. The fourth-order valence-corrected chi connectivity index (χ4v) is 3.24. The maximum Gasteiger partial charge on any atom is 0.272 e. The highest BCUT2D eigenvalue weighted by Gasteiger charge is 2.02. The van der Waals surface area contributed by atoms with Gasteiger partial charge < -0.3 is 19.4 Å². The summed E-state index contributed by atoms with van der Waals surface area (Å²) in [7, 11) is 0. The normalized spacial score (nSPS) is 12.1. The molecular weight excluding hydrogens is 449 g/mol. The summed E-state index contributed by atoms with van der Waals surface area (Å²) in [4.78, 5) is 34.7. The van der Waals surface area contributed by atoms with E-state index in [1.165, 1.54) is 24.3 Å². The highest BCUT2D eigenvalue weighted by Crippen LogP contribution is 2.23. The van der Waals surface area contributed by atoms with Crippen molar-refractivity contribution in [3.63, 3.8) is 0 Å². The fraction of sp³-hybridized carbons (Fsp3) is 0.148. The summed E-state index contributed by atoms with van der Waals surface area (Å²) in [5.74, 6) is 1.05. The molecule has 35 heavy (non-hydrogen) atoms. The largest absolute Gasteiger partial charge is 0.492 e. The van der Waals surface area contributed by atoms with E-state index in [0.29, 0.717) is 35.1 Å². The minimum Gasteiger partial charge on any atom is -0.492 e. The van der Waals surface area contributed by atoms with Gasteiger partial charge in [0, 0.05) is 6.07 Å². The molecule has 0 spiro atoms. The van der Waals surface area contributed by atoms with Crippen molar-refractivity contribution < 1.29 is 13.9 Å². The molecule has 2 aromatic carbocycles. The number of nitrogens with zero attached hydrogens (tertiary/aromatic N) is 1. The maximum atomic E-state index is 13.4. The highest BCUT2D eigenvalue weighted by molar-refractivity contribution is 5.51. The number of aromatic amines is 2. The van der Waals surface area contributed by atoms with Crippen molar-refractivity contribution in [2.24, 2.45) is 0 Å². The SMILES string of the molecule is CCCCOc1ccc(/C=c2\[nH]c(=O)/c(=C/c3cccc(Oc4cccc(F)c4)c3)[nH]c2=O)nc1. The van der Waals surface area contributed by atoms with Gasteiger partial charge in [-0.3, -0.25) is 14.6 Å². The smallest absolute Gasteiger partial charge is 0.272 e. The first-order chi connectivity index (χ1) is 17.0. The van der Waals surface area contributed by atoms with Crippen LogP contribution in [0.15, 0.2) is 76.4 Å². The van der Waals surface area contributed by atoms with Crippen molar-refractivity contribution >= 4 is 12.2 Å². The third-order valence-corrected chi connectivity index (χ3v) is 5.00. The molecule has 0 bridgehead atoms. The lowest BCUT2D eigenvalue weighted by Gasteiger charge is -2.06. The van der Waals surface area contributed by atoms with Crippen molar-refractivity contribution in [1.29, 1.82) is 0 Å². The van der Waals surface area contributed by atoms with E-state index >= 15 is 0 Å². The average molecular weight is 474 g/mol. The van der Waals surface area contributed by atoms with Crippen LogP contribution in [0.5, 0.6) is 17.2 Å². The quantitative estimate of drug-likeness (QED) is 0.383. The number of hydrogen-bond acceptors (Lipinski definition) is 5. The van der Waals surface area contributed by atoms with E-state index in [0.717, 1.165) is 12.8 Å². The van der Waals surface area contributed by atoms with Crippen LogP contribution < -0.4 is 31.3 Å². The maximum absolute atomic E-state index is 13.4. The van der Waals surface area contributed by atoms with Crippen molar-refractivity contribution in [1.82, 2.24) is 15.0 Å². The number of unbranched alkanes of at least 4 members (excludes halogenated alkanes) is 1. The Morgan fingerprint density at radius 1 is 0.886 bits per heavy atom. The molecule has 4 rings (SSSR count). The molecule has 0 atom stereocenters. The van der Waals surface area contributed by atoms with Gasteiger partial charge in [0.2, 0.25) is 0 Å². The van der Waals surface area contributed by atoms with E-state index in [9.17, 15) is 14.0 Å².